The first kappa shape index (κ1) is 52.4. The molecule has 0 fully saturated rings. The minimum atomic E-state index is 0.417. The van der Waals surface area contributed by atoms with Crippen LogP contribution in [0, 0.1) is 22.7 Å². The molecule has 14 aromatic carbocycles. The van der Waals surface area contributed by atoms with Crippen LogP contribution in [0.15, 0.2) is 315 Å². The Morgan fingerprint density at radius 2 is 0.402 bits per heavy atom. The quantitative estimate of drug-likeness (QED) is 0.145. The van der Waals surface area contributed by atoms with Gasteiger partial charge in [-0.2, -0.15) is 10.5 Å². The van der Waals surface area contributed by atoms with E-state index in [-0.39, 0.29) is 0 Å². The molecule has 92 heavy (non-hydrogen) atoms. The lowest BCUT2D eigenvalue weighted by Gasteiger charge is -2.24. The summed E-state index contributed by atoms with van der Waals surface area (Å²) < 4.78 is 9.20. The van der Waals surface area contributed by atoms with E-state index in [1.165, 1.54) is 0 Å². The Bertz CT molecular complexity index is 5750. The standard InChI is InChI=1S/C86H52N6/c87-53-71-81(89-73-33-17-13-29-63(73)67-49-59(37-41-77(67)89)55-21-5-1-6-22-55)45-47-83(91-75-35-19-15-31-65(75)69-51-61(39-43-79(69)91)57-25-9-3-10-26-57)85(71)86-72(54-88)82(90-74-34-18-14-30-64(74)68-50-60(38-42-78(68)90)56-23-7-2-8-24-56)46-48-84(86)92-76-36-20-16-32-66(76)70-52-62(40-44-80(70)92)58-27-11-4-12-28-58/h1-52H. The molecule has 4 aromatic heterocycles. The van der Waals surface area contributed by atoms with Crippen molar-refractivity contribution in [2.24, 2.45) is 0 Å². The monoisotopic (exact) mass is 1170 g/mol. The molecular weight excluding hydrogens is 1120 g/mol. The molecule has 18 rings (SSSR count). The second-order valence-electron chi connectivity index (χ2n) is 23.7. The highest BCUT2D eigenvalue weighted by Crippen LogP contribution is 2.49. The van der Waals surface area contributed by atoms with Crippen LogP contribution in [-0.4, -0.2) is 18.3 Å². The lowest BCUT2D eigenvalue weighted by Crippen LogP contribution is -2.10. The summed E-state index contributed by atoms with van der Waals surface area (Å²) in [5.74, 6) is 0. The van der Waals surface area contributed by atoms with Crippen molar-refractivity contribution in [3.63, 3.8) is 0 Å². The zero-order valence-corrected chi connectivity index (χ0v) is 49.7. The SMILES string of the molecule is N#Cc1c(-n2c3ccccc3c3cc(-c4ccccc4)ccc32)ccc(-n2c3ccccc3c3cc(-c4ccccc4)ccc32)c1-c1c(-n2c3ccccc3c3cc(-c4ccccc4)ccc32)ccc(-n2c3ccccc3c3cc(-c4ccccc4)ccc32)c1C#N. The van der Waals surface area contributed by atoms with E-state index < -0.39 is 0 Å². The summed E-state index contributed by atoms with van der Waals surface area (Å²) in [5.41, 5.74) is 21.5. The van der Waals surface area contributed by atoms with Crippen molar-refractivity contribution in [2.75, 3.05) is 0 Å². The molecule has 0 radical (unpaired) electrons. The first-order valence-electron chi connectivity index (χ1n) is 31.1. The fourth-order valence-corrected chi connectivity index (χ4v) is 14.8. The van der Waals surface area contributed by atoms with Gasteiger partial charge < -0.3 is 18.3 Å². The third-order valence-electron chi connectivity index (χ3n) is 18.9. The van der Waals surface area contributed by atoms with Gasteiger partial charge in [-0.25, -0.2) is 0 Å². The number of hydrogen-bond donors (Lipinski definition) is 0. The summed E-state index contributed by atoms with van der Waals surface area (Å²) in [5, 5.41) is 34.1. The first-order valence-corrected chi connectivity index (χ1v) is 31.1. The second kappa shape index (κ2) is 21.0. The molecule has 426 valence electrons. The molecule has 0 unspecified atom stereocenters. The third-order valence-corrected chi connectivity index (χ3v) is 18.9. The summed E-state index contributed by atoms with van der Waals surface area (Å²) >= 11 is 0. The van der Waals surface area contributed by atoms with Gasteiger partial charge in [0.15, 0.2) is 0 Å². The molecule has 0 spiro atoms. The van der Waals surface area contributed by atoms with Crippen molar-refractivity contribution in [3.8, 4) is 90.5 Å². The van der Waals surface area contributed by atoms with Gasteiger partial charge in [0, 0.05) is 54.2 Å². The van der Waals surface area contributed by atoms with E-state index in [2.05, 4.69) is 334 Å². The summed E-state index contributed by atoms with van der Waals surface area (Å²) in [6, 6.07) is 118. The fraction of sp³-hybridized carbons (Fsp3) is 0. The number of fused-ring (bicyclic) bond motifs is 12. The Balaban J connectivity index is 1.01. The minimum Gasteiger partial charge on any atom is -0.309 e. The highest BCUT2D eigenvalue weighted by Gasteiger charge is 2.31. The average molecular weight is 1170 g/mol. The number of para-hydroxylation sites is 4. The van der Waals surface area contributed by atoms with E-state index in [1.54, 1.807) is 0 Å². The molecule has 0 bridgehead atoms. The van der Waals surface area contributed by atoms with Crippen molar-refractivity contribution < 1.29 is 0 Å². The van der Waals surface area contributed by atoms with Crippen molar-refractivity contribution in [2.45, 2.75) is 0 Å². The number of nitrogens with zero attached hydrogens (tertiary/aromatic N) is 6. The van der Waals surface area contributed by atoms with Gasteiger partial charge in [-0.15, -0.1) is 0 Å². The van der Waals surface area contributed by atoms with Gasteiger partial charge in [0.05, 0.1) is 78.0 Å². The molecular formula is C86H52N6. The summed E-state index contributed by atoms with van der Waals surface area (Å²) in [4.78, 5) is 0. The molecule has 0 N–H and O–H groups in total. The second-order valence-corrected chi connectivity index (χ2v) is 23.7. The maximum Gasteiger partial charge on any atom is 0.102 e. The van der Waals surface area contributed by atoms with Gasteiger partial charge in [-0.05, 0) is 142 Å². The normalized spacial score (nSPS) is 11.7. The molecule has 6 heteroatoms. The predicted octanol–water partition coefficient (Wildman–Crippen LogP) is 22.2. The van der Waals surface area contributed by atoms with Crippen LogP contribution in [-0.2, 0) is 0 Å². The molecule has 0 saturated carbocycles. The molecule has 6 nitrogen and oxygen atoms in total. The first-order chi connectivity index (χ1) is 45.6. The lowest BCUT2D eigenvalue weighted by molar-refractivity contribution is 1.11. The Morgan fingerprint density at radius 3 is 0.663 bits per heavy atom. The average Bonchev–Trinajstić information content (AvgIpc) is 1.46. The molecule has 0 saturated heterocycles. The van der Waals surface area contributed by atoms with Crippen molar-refractivity contribution in [1.82, 2.24) is 18.3 Å². The van der Waals surface area contributed by atoms with Crippen LogP contribution >= 0.6 is 0 Å². The van der Waals surface area contributed by atoms with Crippen LogP contribution in [0.25, 0.3) is 166 Å². The van der Waals surface area contributed by atoms with Gasteiger partial charge in [0.1, 0.15) is 12.1 Å². The predicted molar refractivity (Wildman–Crippen MR) is 380 cm³/mol. The lowest BCUT2D eigenvalue weighted by atomic mass is 9.90. The van der Waals surface area contributed by atoms with E-state index in [1.807, 2.05) is 12.1 Å². The zero-order chi connectivity index (χ0) is 61.0. The Morgan fingerprint density at radius 1 is 0.185 bits per heavy atom. The maximum atomic E-state index is 12.8. The summed E-state index contributed by atoms with van der Waals surface area (Å²) in [6.07, 6.45) is 0. The number of rotatable bonds is 9. The van der Waals surface area contributed by atoms with E-state index in [4.69, 9.17) is 0 Å². The van der Waals surface area contributed by atoms with E-state index in [9.17, 15) is 10.5 Å². The van der Waals surface area contributed by atoms with Crippen molar-refractivity contribution >= 4 is 87.2 Å². The Kier molecular flexibility index (Phi) is 11.9. The third kappa shape index (κ3) is 7.98. The molecule has 0 aliphatic carbocycles. The highest BCUT2D eigenvalue weighted by molar-refractivity contribution is 6.16. The van der Waals surface area contributed by atoms with Crippen LogP contribution < -0.4 is 0 Å². The maximum absolute atomic E-state index is 12.8. The molecule has 0 aliphatic heterocycles. The van der Waals surface area contributed by atoms with Gasteiger partial charge in [-0.1, -0.05) is 218 Å². The number of hydrogen-bond acceptors (Lipinski definition) is 2. The molecule has 0 amide bonds. The molecule has 18 aromatic rings. The molecule has 4 heterocycles. The van der Waals surface area contributed by atoms with E-state index >= 15 is 0 Å². The number of nitriles is 2. The number of benzene rings is 14. The Hall–Kier alpha value is -12.7. The topological polar surface area (TPSA) is 67.3 Å². The van der Waals surface area contributed by atoms with E-state index in [0.717, 1.165) is 143 Å². The largest absolute Gasteiger partial charge is 0.309 e. The van der Waals surface area contributed by atoms with Gasteiger partial charge in [0.25, 0.3) is 0 Å². The highest BCUT2D eigenvalue weighted by atomic mass is 15.0. The smallest absolute Gasteiger partial charge is 0.102 e. The number of aromatic nitrogens is 4. The van der Waals surface area contributed by atoms with Crippen LogP contribution in [0.3, 0.4) is 0 Å². The van der Waals surface area contributed by atoms with Crippen LogP contribution in [0.4, 0.5) is 0 Å². The zero-order valence-electron chi connectivity index (χ0n) is 49.7. The van der Waals surface area contributed by atoms with Gasteiger partial charge >= 0.3 is 0 Å². The van der Waals surface area contributed by atoms with Crippen LogP contribution in [0.1, 0.15) is 11.1 Å². The van der Waals surface area contributed by atoms with Gasteiger partial charge in [-0.3, -0.25) is 0 Å². The minimum absolute atomic E-state index is 0.417. The van der Waals surface area contributed by atoms with Crippen molar-refractivity contribution in [3.05, 3.63) is 327 Å². The fourth-order valence-electron chi connectivity index (χ4n) is 14.8. The van der Waals surface area contributed by atoms with Crippen LogP contribution in [0.5, 0.6) is 0 Å². The summed E-state index contributed by atoms with van der Waals surface area (Å²) in [7, 11) is 0. The summed E-state index contributed by atoms with van der Waals surface area (Å²) in [6.45, 7) is 0. The van der Waals surface area contributed by atoms with E-state index in [0.29, 0.717) is 33.6 Å². The van der Waals surface area contributed by atoms with Crippen molar-refractivity contribution in [1.29, 1.82) is 10.5 Å². The van der Waals surface area contributed by atoms with Crippen LogP contribution in [0.2, 0.25) is 0 Å². The molecule has 0 atom stereocenters. The Labute approximate surface area is 530 Å². The molecule has 0 aliphatic rings. The van der Waals surface area contributed by atoms with Gasteiger partial charge in [0.2, 0.25) is 0 Å².